The second kappa shape index (κ2) is 6.16. The summed E-state index contributed by atoms with van der Waals surface area (Å²) in [5.41, 5.74) is 2.07. The maximum atomic E-state index is 12.5. The Kier molecular flexibility index (Phi) is 4.21. The van der Waals surface area contributed by atoms with Crippen molar-refractivity contribution in [3.8, 4) is 5.69 Å². The standard InChI is InChI=1S/C16H16BrN3O3/c1-10-8-14(15(21)19-7-6-11(9-19)16(22)23)18-20(10)13-4-2-12(17)3-5-13/h2-5,8,11H,6-7,9H2,1H3,(H,22,23)/t11-/m0/s1. The molecule has 1 N–H and O–H groups in total. The average molecular weight is 378 g/mol. The molecule has 1 amide bonds. The zero-order valence-corrected chi connectivity index (χ0v) is 14.2. The van der Waals surface area contributed by atoms with E-state index >= 15 is 0 Å². The summed E-state index contributed by atoms with van der Waals surface area (Å²) in [7, 11) is 0. The van der Waals surface area contributed by atoms with E-state index in [2.05, 4.69) is 21.0 Å². The normalized spacial score (nSPS) is 17.5. The quantitative estimate of drug-likeness (QED) is 0.891. The van der Waals surface area contributed by atoms with Crippen molar-refractivity contribution in [1.82, 2.24) is 14.7 Å². The predicted octanol–water partition coefficient (Wildman–Crippen LogP) is 2.49. The van der Waals surface area contributed by atoms with Crippen molar-refractivity contribution in [3.05, 3.63) is 46.2 Å². The van der Waals surface area contributed by atoms with Gasteiger partial charge in [-0.2, -0.15) is 5.10 Å². The van der Waals surface area contributed by atoms with Crippen molar-refractivity contribution in [2.24, 2.45) is 5.92 Å². The van der Waals surface area contributed by atoms with Gasteiger partial charge in [-0.15, -0.1) is 0 Å². The van der Waals surface area contributed by atoms with Crippen LogP contribution in [0.2, 0.25) is 0 Å². The SMILES string of the molecule is Cc1cc(C(=O)N2CC[C@H](C(=O)O)C2)nn1-c1ccc(Br)cc1. The number of carbonyl (C=O) groups excluding carboxylic acids is 1. The van der Waals surface area contributed by atoms with Gasteiger partial charge in [0.25, 0.3) is 5.91 Å². The molecule has 0 radical (unpaired) electrons. The Hall–Kier alpha value is -2.15. The Morgan fingerprint density at radius 3 is 2.61 bits per heavy atom. The van der Waals surface area contributed by atoms with E-state index in [0.29, 0.717) is 18.7 Å². The molecule has 120 valence electrons. The molecule has 1 aliphatic rings. The highest BCUT2D eigenvalue weighted by atomic mass is 79.9. The van der Waals surface area contributed by atoms with Crippen LogP contribution in [-0.4, -0.2) is 44.8 Å². The van der Waals surface area contributed by atoms with E-state index in [1.54, 1.807) is 15.6 Å². The van der Waals surface area contributed by atoms with E-state index in [9.17, 15) is 9.59 Å². The zero-order valence-electron chi connectivity index (χ0n) is 12.6. The van der Waals surface area contributed by atoms with Gasteiger partial charge < -0.3 is 10.0 Å². The summed E-state index contributed by atoms with van der Waals surface area (Å²) in [5.74, 6) is -1.54. The molecule has 2 aromatic rings. The van der Waals surface area contributed by atoms with Gasteiger partial charge in [-0.05, 0) is 43.7 Å². The minimum Gasteiger partial charge on any atom is -0.481 e. The zero-order chi connectivity index (χ0) is 16.6. The van der Waals surface area contributed by atoms with E-state index in [-0.39, 0.29) is 12.5 Å². The number of carbonyl (C=O) groups is 2. The summed E-state index contributed by atoms with van der Waals surface area (Å²) in [4.78, 5) is 25.1. The van der Waals surface area contributed by atoms with Crippen molar-refractivity contribution in [1.29, 1.82) is 0 Å². The summed E-state index contributed by atoms with van der Waals surface area (Å²) in [5, 5.41) is 13.4. The lowest BCUT2D eigenvalue weighted by atomic mass is 10.1. The Morgan fingerprint density at radius 1 is 1.30 bits per heavy atom. The van der Waals surface area contributed by atoms with E-state index in [1.165, 1.54) is 0 Å². The van der Waals surface area contributed by atoms with E-state index in [0.717, 1.165) is 15.9 Å². The van der Waals surface area contributed by atoms with Crippen LogP contribution in [0, 0.1) is 12.8 Å². The number of aliphatic carboxylic acids is 1. The number of benzene rings is 1. The molecule has 0 unspecified atom stereocenters. The molecular weight excluding hydrogens is 362 g/mol. The number of carboxylic acid groups (broad SMARTS) is 1. The largest absolute Gasteiger partial charge is 0.481 e. The van der Waals surface area contributed by atoms with Crippen LogP contribution in [0.1, 0.15) is 22.6 Å². The molecule has 1 aromatic heterocycles. The van der Waals surface area contributed by atoms with Crippen molar-refractivity contribution < 1.29 is 14.7 Å². The number of hydrogen-bond donors (Lipinski definition) is 1. The van der Waals surface area contributed by atoms with Crippen LogP contribution in [0.3, 0.4) is 0 Å². The highest BCUT2D eigenvalue weighted by molar-refractivity contribution is 9.10. The van der Waals surface area contributed by atoms with Crippen LogP contribution in [0.25, 0.3) is 5.69 Å². The summed E-state index contributed by atoms with van der Waals surface area (Å²) in [6.07, 6.45) is 0.494. The molecule has 6 nitrogen and oxygen atoms in total. The van der Waals surface area contributed by atoms with Gasteiger partial charge >= 0.3 is 5.97 Å². The fraction of sp³-hybridized carbons (Fsp3) is 0.312. The second-order valence-electron chi connectivity index (χ2n) is 5.63. The van der Waals surface area contributed by atoms with Crippen LogP contribution in [0.15, 0.2) is 34.8 Å². The Morgan fingerprint density at radius 2 is 2.00 bits per heavy atom. The van der Waals surface area contributed by atoms with Gasteiger partial charge in [0.05, 0.1) is 11.6 Å². The third-order valence-electron chi connectivity index (χ3n) is 4.00. The Labute approximate surface area is 141 Å². The number of amides is 1. The summed E-state index contributed by atoms with van der Waals surface area (Å²) in [6, 6.07) is 9.38. The number of likely N-dealkylation sites (tertiary alicyclic amines) is 1. The molecule has 0 spiro atoms. The molecule has 1 atom stereocenters. The van der Waals surface area contributed by atoms with Crippen molar-refractivity contribution in [2.75, 3.05) is 13.1 Å². The highest BCUT2D eigenvalue weighted by Crippen LogP contribution is 2.20. The van der Waals surface area contributed by atoms with Crippen LogP contribution in [0.4, 0.5) is 0 Å². The molecule has 2 heterocycles. The number of carboxylic acids is 1. The fourth-order valence-electron chi connectivity index (χ4n) is 2.73. The van der Waals surface area contributed by atoms with Gasteiger partial charge in [-0.25, -0.2) is 4.68 Å². The van der Waals surface area contributed by atoms with Gasteiger partial charge in [0.1, 0.15) is 0 Å². The molecule has 1 saturated heterocycles. The van der Waals surface area contributed by atoms with Gasteiger partial charge in [0, 0.05) is 23.3 Å². The van der Waals surface area contributed by atoms with Gasteiger partial charge in [-0.3, -0.25) is 9.59 Å². The van der Waals surface area contributed by atoms with Gasteiger partial charge in [0.15, 0.2) is 5.69 Å². The van der Waals surface area contributed by atoms with Crippen LogP contribution in [-0.2, 0) is 4.79 Å². The van der Waals surface area contributed by atoms with Gasteiger partial charge in [-0.1, -0.05) is 15.9 Å². The fourth-order valence-corrected chi connectivity index (χ4v) is 3.00. The third kappa shape index (κ3) is 3.14. The number of nitrogens with zero attached hydrogens (tertiary/aromatic N) is 3. The molecule has 7 heteroatoms. The van der Waals surface area contributed by atoms with Crippen LogP contribution >= 0.6 is 15.9 Å². The third-order valence-corrected chi connectivity index (χ3v) is 4.53. The van der Waals surface area contributed by atoms with Crippen LogP contribution in [0.5, 0.6) is 0 Å². The first-order valence-electron chi connectivity index (χ1n) is 7.30. The molecule has 1 fully saturated rings. The number of rotatable bonds is 3. The van der Waals surface area contributed by atoms with Crippen molar-refractivity contribution >= 4 is 27.8 Å². The number of aromatic nitrogens is 2. The summed E-state index contributed by atoms with van der Waals surface area (Å²) < 4.78 is 2.68. The molecule has 1 aliphatic heterocycles. The van der Waals surface area contributed by atoms with E-state index in [1.807, 2.05) is 31.2 Å². The monoisotopic (exact) mass is 377 g/mol. The van der Waals surface area contributed by atoms with Crippen LogP contribution < -0.4 is 0 Å². The molecular formula is C16H16BrN3O3. The first kappa shape index (κ1) is 15.7. The molecule has 0 aliphatic carbocycles. The molecule has 0 saturated carbocycles. The van der Waals surface area contributed by atoms with E-state index in [4.69, 9.17) is 5.11 Å². The lowest BCUT2D eigenvalue weighted by Crippen LogP contribution is -2.30. The first-order chi connectivity index (χ1) is 11.0. The topological polar surface area (TPSA) is 75.4 Å². The lowest BCUT2D eigenvalue weighted by Gasteiger charge is -2.13. The van der Waals surface area contributed by atoms with Crippen molar-refractivity contribution in [3.63, 3.8) is 0 Å². The first-order valence-corrected chi connectivity index (χ1v) is 8.09. The van der Waals surface area contributed by atoms with E-state index < -0.39 is 11.9 Å². The maximum absolute atomic E-state index is 12.5. The second-order valence-corrected chi connectivity index (χ2v) is 6.55. The summed E-state index contributed by atoms with van der Waals surface area (Å²) in [6.45, 7) is 2.59. The Balaban J connectivity index is 1.82. The molecule has 23 heavy (non-hydrogen) atoms. The van der Waals surface area contributed by atoms with Crippen molar-refractivity contribution in [2.45, 2.75) is 13.3 Å². The molecule has 0 bridgehead atoms. The predicted molar refractivity (Wildman–Crippen MR) is 87.6 cm³/mol. The number of hydrogen-bond acceptors (Lipinski definition) is 3. The maximum Gasteiger partial charge on any atom is 0.308 e. The average Bonchev–Trinajstić information content (AvgIpc) is 3.14. The minimum atomic E-state index is -0.850. The van der Waals surface area contributed by atoms with Gasteiger partial charge in [0.2, 0.25) is 0 Å². The molecule has 1 aromatic carbocycles. The smallest absolute Gasteiger partial charge is 0.308 e. The lowest BCUT2D eigenvalue weighted by molar-refractivity contribution is -0.141. The summed E-state index contributed by atoms with van der Waals surface area (Å²) >= 11 is 3.39. The number of aryl methyl sites for hydroxylation is 1. The molecule has 3 rings (SSSR count). The highest BCUT2D eigenvalue weighted by Gasteiger charge is 2.32. The minimum absolute atomic E-state index is 0.215. The number of halogens is 1. The Bertz CT molecular complexity index is 754.